The van der Waals surface area contributed by atoms with Gasteiger partial charge in [0, 0.05) is 29.5 Å². The molecule has 6 nitrogen and oxygen atoms in total. The van der Waals surface area contributed by atoms with E-state index in [9.17, 15) is 9.59 Å². The van der Waals surface area contributed by atoms with Crippen molar-refractivity contribution in [3.63, 3.8) is 0 Å². The highest BCUT2D eigenvalue weighted by Crippen LogP contribution is 2.27. The number of hydrogen-bond donors (Lipinski definition) is 1. The fraction of sp³-hybridized carbons (Fsp3) is 0.375. The van der Waals surface area contributed by atoms with E-state index in [1.165, 1.54) is 11.8 Å². The lowest BCUT2D eigenvalue weighted by Crippen LogP contribution is -2.29. The second kappa shape index (κ2) is 10.5. The van der Waals surface area contributed by atoms with E-state index in [2.05, 4.69) is 5.32 Å². The van der Waals surface area contributed by atoms with Gasteiger partial charge in [0.2, 0.25) is 0 Å². The van der Waals surface area contributed by atoms with Gasteiger partial charge in [-0.2, -0.15) is 0 Å². The van der Waals surface area contributed by atoms with Gasteiger partial charge in [-0.05, 0) is 49.1 Å². The fourth-order valence-corrected chi connectivity index (χ4v) is 5.00. The Morgan fingerprint density at radius 1 is 1.31 bits per heavy atom. The van der Waals surface area contributed by atoms with Crippen LogP contribution in [0.15, 0.2) is 52.4 Å². The summed E-state index contributed by atoms with van der Waals surface area (Å²) >= 11 is 7.79. The van der Waals surface area contributed by atoms with Crippen LogP contribution in [0.3, 0.4) is 0 Å². The van der Waals surface area contributed by atoms with Gasteiger partial charge in [-0.1, -0.05) is 48.5 Å². The number of ether oxygens (including phenoxy) is 1. The standard InChI is InChI=1S/C24H26ClN3O3S/c1-2-11-26-22(29)16-9-10-19-21(13-16)27-24(32-15-17-6-3-4-8-20(17)25)28(23(19)30)14-18-7-5-12-31-18/h3-4,6,8-10,13,18H,2,5,7,11-12,14-15H2,1H3,(H,26,29)/t18-/m1/s1. The van der Waals surface area contributed by atoms with E-state index in [4.69, 9.17) is 21.3 Å². The summed E-state index contributed by atoms with van der Waals surface area (Å²) in [6.45, 7) is 3.79. The lowest BCUT2D eigenvalue weighted by Gasteiger charge is -2.17. The first-order chi connectivity index (χ1) is 15.6. The molecule has 1 aromatic heterocycles. The minimum atomic E-state index is -0.163. The Hall–Kier alpha value is -2.35. The van der Waals surface area contributed by atoms with E-state index in [1.807, 2.05) is 31.2 Å². The molecule has 1 N–H and O–H groups in total. The lowest BCUT2D eigenvalue weighted by molar-refractivity contribution is 0.0937. The van der Waals surface area contributed by atoms with E-state index in [-0.39, 0.29) is 17.6 Å². The largest absolute Gasteiger partial charge is 0.376 e. The first kappa shape index (κ1) is 22.8. The number of thioether (sulfide) groups is 1. The zero-order valence-electron chi connectivity index (χ0n) is 18.0. The number of benzene rings is 2. The van der Waals surface area contributed by atoms with Crippen molar-refractivity contribution in [1.82, 2.24) is 14.9 Å². The first-order valence-electron chi connectivity index (χ1n) is 10.9. The molecule has 1 amide bonds. The molecule has 1 atom stereocenters. The van der Waals surface area contributed by atoms with Crippen molar-refractivity contribution >= 4 is 40.2 Å². The van der Waals surface area contributed by atoms with Crippen molar-refractivity contribution in [2.45, 2.75) is 49.7 Å². The Balaban J connectivity index is 1.71. The maximum atomic E-state index is 13.4. The number of halogens is 1. The molecular weight excluding hydrogens is 446 g/mol. The van der Waals surface area contributed by atoms with Crippen molar-refractivity contribution in [3.05, 3.63) is 69.0 Å². The number of fused-ring (bicyclic) bond motifs is 1. The summed E-state index contributed by atoms with van der Waals surface area (Å²) in [6, 6.07) is 12.7. The van der Waals surface area contributed by atoms with Gasteiger partial charge in [-0.15, -0.1) is 0 Å². The molecule has 1 aliphatic rings. The zero-order valence-corrected chi connectivity index (χ0v) is 19.5. The highest BCUT2D eigenvalue weighted by Gasteiger charge is 2.21. The average molecular weight is 472 g/mol. The van der Waals surface area contributed by atoms with Gasteiger partial charge in [0.15, 0.2) is 5.16 Å². The van der Waals surface area contributed by atoms with E-state index >= 15 is 0 Å². The van der Waals surface area contributed by atoms with E-state index in [0.717, 1.165) is 31.4 Å². The van der Waals surface area contributed by atoms with Crippen LogP contribution in [-0.2, 0) is 17.0 Å². The SMILES string of the molecule is CCCNC(=O)c1ccc2c(=O)n(C[C@H]3CCCO3)c(SCc3ccccc3Cl)nc2c1. The molecule has 1 saturated heterocycles. The van der Waals surface area contributed by atoms with Crippen LogP contribution >= 0.6 is 23.4 Å². The molecule has 168 valence electrons. The summed E-state index contributed by atoms with van der Waals surface area (Å²) in [4.78, 5) is 30.6. The third kappa shape index (κ3) is 5.17. The van der Waals surface area contributed by atoms with Crippen LogP contribution in [-0.4, -0.2) is 34.7 Å². The van der Waals surface area contributed by atoms with E-state index in [1.54, 1.807) is 22.8 Å². The number of aromatic nitrogens is 2. The summed E-state index contributed by atoms with van der Waals surface area (Å²) in [7, 11) is 0. The molecule has 32 heavy (non-hydrogen) atoms. The lowest BCUT2D eigenvalue weighted by atomic mass is 10.1. The number of nitrogens with zero attached hydrogens (tertiary/aromatic N) is 2. The van der Waals surface area contributed by atoms with Crippen LogP contribution < -0.4 is 10.9 Å². The number of carbonyl (C=O) groups excluding carboxylic acids is 1. The number of hydrogen-bond acceptors (Lipinski definition) is 5. The van der Waals surface area contributed by atoms with Crippen LogP contribution in [0.25, 0.3) is 10.9 Å². The molecule has 0 bridgehead atoms. The van der Waals surface area contributed by atoms with Gasteiger partial charge in [-0.3, -0.25) is 14.2 Å². The van der Waals surface area contributed by atoms with Gasteiger partial charge in [0.1, 0.15) is 0 Å². The van der Waals surface area contributed by atoms with Crippen molar-refractivity contribution in [1.29, 1.82) is 0 Å². The minimum Gasteiger partial charge on any atom is -0.376 e. The number of nitrogens with one attached hydrogen (secondary N) is 1. The Morgan fingerprint density at radius 2 is 2.16 bits per heavy atom. The van der Waals surface area contributed by atoms with Gasteiger partial charge >= 0.3 is 0 Å². The second-order valence-electron chi connectivity index (χ2n) is 7.81. The molecule has 2 aromatic carbocycles. The predicted molar refractivity (Wildman–Crippen MR) is 129 cm³/mol. The average Bonchev–Trinajstić information content (AvgIpc) is 3.32. The summed E-state index contributed by atoms with van der Waals surface area (Å²) in [5.74, 6) is 0.421. The number of carbonyl (C=O) groups is 1. The Kier molecular flexibility index (Phi) is 7.50. The third-order valence-electron chi connectivity index (χ3n) is 5.44. The van der Waals surface area contributed by atoms with Crippen LogP contribution in [0.1, 0.15) is 42.1 Å². The third-order valence-corrected chi connectivity index (χ3v) is 6.84. The van der Waals surface area contributed by atoms with E-state index < -0.39 is 0 Å². The Morgan fingerprint density at radius 3 is 2.91 bits per heavy atom. The number of amides is 1. The topological polar surface area (TPSA) is 73.2 Å². The molecule has 0 aliphatic carbocycles. The predicted octanol–water partition coefficient (Wildman–Crippen LogP) is 4.66. The first-order valence-corrected chi connectivity index (χ1v) is 12.2. The highest BCUT2D eigenvalue weighted by atomic mass is 35.5. The summed E-state index contributed by atoms with van der Waals surface area (Å²) in [6.07, 6.45) is 2.79. The zero-order chi connectivity index (χ0) is 22.5. The molecule has 0 unspecified atom stereocenters. The van der Waals surface area contributed by atoms with Gasteiger partial charge in [-0.25, -0.2) is 4.98 Å². The quantitative estimate of drug-likeness (QED) is 0.382. The molecule has 8 heteroatoms. The smallest absolute Gasteiger partial charge is 0.262 e. The minimum absolute atomic E-state index is 0.00529. The maximum absolute atomic E-state index is 13.4. The summed E-state index contributed by atoms with van der Waals surface area (Å²) in [5, 5.41) is 4.65. The van der Waals surface area contributed by atoms with Gasteiger partial charge in [0.05, 0.1) is 23.6 Å². The van der Waals surface area contributed by atoms with Crippen molar-refractivity contribution < 1.29 is 9.53 Å². The van der Waals surface area contributed by atoms with E-state index in [0.29, 0.717) is 45.5 Å². The van der Waals surface area contributed by atoms with Crippen molar-refractivity contribution in [3.8, 4) is 0 Å². The maximum Gasteiger partial charge on any atom is 0.262 e. The molecule has 0 radical (unpaired) electrons. The molecule has 1 fully saturated rings. The fourth-order valence-electron chi connectivity index (χ4n) is 3.70. The van der Waals surface area contributed by atoms with Crippen LogP contribution in [0.4, 0.5) is 0 Å². The summed E-state index contributed by atoms with van der Waals surface area (Å²) in [5.41, 5.74) is 1.87. The van der Waals surface area contributed by atoms with Crippen LogP contribution in [0.2, 0.25) is 5.02 Å². The monoisotopic (exact) mass is 471 g/mol. The van der Waals surface area contributed by atoms with Gasteiger partial charge < -0.3 is 10.1 Å². The number of rotatable bonds is 8. The molecular formula is C24H26ClN3O3S. The molecule has 3 aromatic rings. The van der Waals surface area contributed by atoms with Crippen LogP contribution in [0.5, 0.6) is 0 Å². The second-order valence-corrected chi connectivity index (χ2v) is 9.16. The van der Waals surface area contributed by atoms with Gasteiger partial charge in [0.25, 0.3) is 11.5 Å². The highest BCUT2D eigenvalue weighted by molar-refractivity contribution is 7.98. The van der Waals surface area contributed by atoms with Crippen molar-refractivity contribution in [2.24, 2.45) is 0 Å². The molecule has 1 aliphatic heterocycles. The molecule has 0 saturated carbocycles. The van der Waals surface area contributed by atoms with Crippen LogP contribution in [0, 0.1) is 0 Å². The molecule has 4 rings (SSSR count). The summed E-state index contributed by atoms with van der Waals surface area (Å²) < 4.78 is 7.48. The molecule has 0 spiro atoms. The Bertz CT molecular complexity index is 1170. The Labute approximate surface area is 196 Å². The molecule has 2 heterocycles. The normalized spacial score (nSPS) is 15.9. The van der Waals surface area contributed by atoms with Crippen molar-refractivity contribution in [2.75, 3.05) is 13.2 Å².